The SMILES string of the molecule is CCc1c(C(=O)N[C@@H]2C=C[C@H](CO)C2)cnn1Cc1ccccc1. The molecule has 5 heteroatoms. The van der Waals surface area contributed by atoms with Crippen LogP contribution >= 0.6 is 0 Å². The number of nitrogens with one attached hydrogen (secondary N) is 1. The minimum Gasteiger partial charge on any atom is -0.396 e. The maximum absolute atomic E-state index is 12.6. The molecule has 0 aliphatic heterocycles. The normalized spacial score (nSPS) is 19.6. The van der Waals surface area contributed by atoms with Crippen LogP contribution in [0.25, 0.3) is 0 Å². The van der Waals surface area contributed by atoms with Crippen molar-refractivity contribution in [2.75, 3.05) is 6.61 Å². The Kier molecular flexibility index (Phi) is 5.11. The summed E-state index contributed by atoms with van der Waals surface area (Å²) in [5.74, 6) is 0.0427. The van der Waals surface area contributed by atoms with E-state index in [9.17, 15) is 9.90 Å². The molecule has 0 radical (unpaired) electrons. The number of nitrogens with zero attached hydrogens (tertiary/aromatic N) is 2. The Morgan fingerprint density at radius 2 is 2.12 bits per heavy atom. The number of carbonyl (C=O) groups excluding carboxylic acids is 1. The van der Waals surface area contributed by atoms with Crippen molar-refractivity contribution in [3.8, 4) is 0 Å². The Balaban J connectivity index is 1.72. The summed E-state index contributed by atoms with van der Waals surface area (Å²) in [5, 5.41) is 16.6. The van der Waals surface area contributed by atoms with E-state index in [2.05, 4.69) is 22.5 Å². The Bertz CT molecular complexity index is 721. The van der Waals surface area contributed by atoms with Crippen LogP contribution in [0.3, 0.4) is 0 Å². The molecule has 5 nitrogen and oxygen atoms in total. The maximum atomic E-state index is 12.6. The highest BCUT2D eigenvalue weighted by Crippen LogP contribution is 2.18. The van der Waals surface area contributed by atoms with Gasteiger partial charge in [0.2, 0.25) is 0 Å². The van der Waals surface area contributed by atoms with Crippen molar-refractivity contribution < 1.29 is 9.90 Å². The number of rotatable bonds is 6. The molecule has 2 atom stereocenters. The third-order valence-electron chi connectivity index (χ3n) is 4.43. The Hall–Kier alpha value is -2.40. The number of amides is 1. The van der Waals surface area contributed by atoms with E-state index in [0.717, 1.165) is 24.1 Å². The summed E-state index contributed by atoms with van der Waals surface area (Å²) in [4.78, 5) is 12.6. The molecule has 1 aromatic carbocycles. The van der Waals surface area contributed by atoms with Crippen molar-refractivity contribution in [1.29, 1.82) is 0 Å². The van der Waals surface area contributed by atoms with Crippen molar-refractivity contribution in [3.63, 3.8) is 0 Å². The molecular formula is C19H23N3O2. The van der Waals surface area contributed by atoms with Gasteiger partial charge in [0.25, 0.3) is 5.91 Å². The van der Waals surface area contributed by atoms with Gasteiger partial charge in [0, 0.05) is 18.6 Å². The van der Waals surface area contributed by atoms with Crippen molar-refractivity contribution in [2.45, 2.75) is 32.4 Å². The summed E-state index contributed by atoms with van der Waals surface area (Å²) in [6, 6.07) is 10.1. The molecule has 1 amide bonds. The first-order chi connectivity index (χ1) is 11.7. The molecule has 24 heavy (non-hydrogen) atoms. The van der Waals surface area contributed by atoms with Crippen LogP contribution < -0.4 is 5.32 Å². The average molecular weight is 325 g/mol. The second-order valence-electron chi connectivity index (χ2n) is 6.14. The number of aliphatic hydroxyl groups is 1. The standard InChI is InChI=1S/C19H23N3O2/c1-2-18-17(19(24)21-16-9-8-15(10-16)13-23)11-20-22(18)12-14-6-4-3-5-7-14/h3-9,11,15-16,23H,2,10,12-13H2,1H3,(H,21,24)/t15-,16+/m0/s1. The van der Waals surface area contributed by atoms with Gasteiger partial charge in [0.15, 0.2) is 0 Å². The van der Waals surface area contributed by atoms with Gasteiger partial charge in [-0.15, -0.1) is 0 Å². The van der Waals surface area contributed by atoms with Gasteiger partial charge in [-0.05, 0) is 18.4 Å². The smallest absolute Gasteiger partial charge is 0.255 e. The van der Waals surface area contributed by atoms with Gasteiger partial charge in [-0.1, -0.05) is 49.4 Å². The lowest BCUT2D eigenvalue weighted by molar-refractivity contribution is 0.0940. The number of hydrogen-bond acceptors (Lipinski definition) is 3. The molecule has 0 fully saturated rings. The minimum absolute atomic E-state index is 0.0168. The highest BCUT2D eigenvalue weighted by molar-refractivity contribution is 5.95. The molecule has 0 unspecified atom stereocenters. The molecule has 1 aliphatic carbocycles. The first kappa shape index (κ1) is 16.5. The van der Waals surface area contributed by atoms with Gasteiger partial charge < -0.3 is 10.4 Å². The molecule has 1 heterocycles. The molecule has 1 aromatic heterocycles. The molecule has 0 spiro atoms. The van der Waals surface area contributed by atoms with E-state index >= 15 is 0 Å². The van der Waals surface area contributed by atoms with E-state index in [1.807, 2.05) is 42.0 Å². The molecule has 0 saturated carbocycles. The monoisotopic (exact) mass is 325 g/mol. The topological polar surface area (TPSA) is 67.2 Å². The molecule has 126 valence electrons. The number of hydrogen-bond donors (Lipinski definition) is 2. The van der Waals surface area contributed by atoms with Gasteiger partial charge in [0.05, 0.1) is 24.0 Å². The summed E-state index contributed by atoms with van der Waals surface area (Å²) in [7, 11) is 0. The lowest BCUT2D eigenvalue weighted by Gasteiger charge is -2.13. The third-order valence-corrected chi connectivity index (χ3v) is 4.43. The zero-order valence-corrected chi connectivity index (χ0v) is 13.9. The van der Waals surface area contributed by atoms with Crippen molar-refractivity contribution in [1.82, 2.24) is 15.1 Å². The molecule has 2 N–H and O–H groups in total. The van der Waals surface area contributed by atoms with Crippen LogP contribution in [0.5, 0.6) is 0 Å². The Morgan fingerprint density at radius 3 is 2.79 bits per heavy atom. The highest BCUT2D eigenvalue weighted by Gasteiger charge is 2.23. The third kappa shape index (κ3) is 3.57. The first-order valence-corrected chi connectivity index (χ1v) is 8.40. The molecule has 2 aromatic rings. The summed E-state index contributed by atoms with van der Waals surface area (Å²) < 4.78 is 1.89. The lowest BCUT2D eigenvalue weighted by Crippen LogP contribution is -2.33. The summed E-state index contributed by atoms with van der Waals surface area (Å²) in [6.07, 6.45) is 7.07. The number of carbonyl (C=O) groups is 1. The number of benzene rings is 1. The molecule has 1 aliphatic rings. The summed E-state index contributed by atoms with van der Waals surface area (Å²) >= 11 is 0. The minimum atomic E-state index is -0.0978. The van der Waals surface area contributed by atoms with Gasteiger partial charge in [0.1, 0.15) is 0 Å². The summed E-state index contributed by atoms with van der Waals surface area (Å²) in [5.41, 5.74) is 2.73. The quantitative estimate of drug-likeness (QED) is 0.800. The molecule has 0 saturated heterocycles. The average Bonchev–Trinajstić information content (AvgIpc) is 3.22. The van der Waals surface area contributed by atoms with Crippen LogP contribution in [0.1, 0.15) is 35.0 Å². The summed E-state index contributed by atoms with van der Waals surface area (Å²) in [6.45, 7) is 2.82. The van der Waals surface area contributed by atoms with E-state index in [1.54, 1.807) is 6.20 Å². The van der Waals surface area contributed by atoms with E-state index in [0.29, 0.717) is 12.1 Å². The van der Waals surface area contributed by atoms with Crippen molar-refractivity contribution in [2.24, 2.45) is 5.92 Å². The van der Waals surface area contributed by atoms with E-state index in [4.69, 9.17) is 0 Å². The zero-order chi connectivity index (χ0) is 16.9. The predicted octanol–water partition coefficient (Wildman–Crippen LogP) is 2.16. The molecule has 3 rings (SSSR count). The van der Waals surface area contributed by atoms with E-state index in [1.165, 1.54) is 0 Å². The van der Waals surface area contributed by atoms with Gasteiger partial charge in [-0.2, -0.15) is 5.10 Å². The number of aromatic nitrogens is 2. The van der Waals surface area contributed by atoms with Crippen LogP contribution in [-0.4, -0.2) is 33.4 Å². The van der Waals surface area contributed by atoms with Crippen LogP contribution in [-0.2, 0) is 13.0 Å². The van der Waals surface area contributed by atoms with E-state index in [-0.39, 0.29) is 24.5 Å². The zero-order valence-electron chi connectivity index (χ0n) is 13.9. The fourth-order valence-electron chi connectivity index (χ4n) is 3.13. The Labute approximate surface area is 142 Å². The largest absolute Gasteiger partial charge is 0.396 e. The first-order valence-electron chi connectivity index (χ1n) is 8.40. The van der Waals surface area contributed by atoms with Crippen LogP contribution in [0.15, 0.2) is 48.7 Å². The molecule has 0 bridgehead atoms. The van der Waals surface area contributed by atoms with Crippen LogP contribution in [0.2, 0.25) is 0 Å². The fraction of sp³-hybridized carbons (Fsp3) is 0.368. The van der Waals surface area contributed by atoms with Gasteiger partial charge in [-0.25, -0.2) is 0 Å². The molecular weight excluding hydrogens is 302 g/mol. The van der Waals surface area contributed by atoms with Crippen LogP contribution in [0.4, 0.5) is 0 Å². The predicted molar refractivity (Wildman–Crippen MR) is 92.7 cm³/mol. The van der Waals surface area contributed by atoms with E-state index < -0.39 is 0 Å². The maximum Gasteiger partial charge on any atom is 0.255 e. The highest BCUT2D eigenvalue weighted by atomic mass is 16.3. The second-order valence-corrected chi connectivity index (χ2v) is 6.14. The van der Waals surface area contributed by atoms with Crippen molar-refractivity contribution in [3.05, 3.63) is 65.5 Å². The second kappa shape index (κ2) is 7.45. The van der Waals surface area contributed by atoms with Gasteiger partial charge >= 0.3 is 0 Å². The number of aliphatic hydroxyl groups excluding tert-OH is 1. The van der Waals surface area contributed by atoms with Crippen LogP contribution in [0, 0.1) is 5.92 Å². The lowest BCUT2D eigenvalue weighted by atomic mass is 10.1. The van der Waals surface area contributed by atoms with Gasteiger partial charge in [-0.3, -0.25) is 9.48 Å². The fourth-order valence-corrected chi connectivity index (χ4v) is 3.13. The Morgan fingerprint density at radius 1 is 1.33 bits per heavy atom. The van der Waals surface area contributed by atoms with Crippen molar-refractivity contribution >= 4 is 5.91 Å².